The zero-order valence-corrected chi connectivity index (χ0v) is 16.2. The summed E-state index contributed by atoms with van der Waals surface area (Å²) in [7, 11) is -4.53. The molecule has 0 amide bonds. The molecule has 0 N–H and O–H groups in total. The second kappa shape index (κ2) is 7.93. The molecule has 2 aromatic heterocycles. The largest absolute Gasteiger partial charge is 0.415 e. The van der Waals surface area contributed by atoms with Crippen LogP contribution in [0.4, 0.5) is 0 Å². The first-order chi connectivity index (χ1) is 10.9. The van der Waals surface area contributed by atoms with Gasteiger partial charge in [0.15, 0.2) is 0 Å². The van der Waals surface area contributed by atoms with E-state index in [1.54, 1.807) is 12.4 Å². The maximum atomic E-state index is 6.26. The predicted octanol–water partition coefficient (Wildman–Crippen LogP) is 3.63. The van der Waals surface area contributed by atoms with Crippen LogP contribution in [0.3, 0.4) is 0 Å². The monoisotopic (exact) mass is 348 g/mol. The van der Waals surface area contributed by atoms with Crippen molar-refractivity contribution >= 4 is 17.1 Å². The van der Waals surface area contributed by atoms with Crippen LogP contribution < -0.4 is 0 Å². The lowest BCUT2D eigenvalue weighted by molar-refractivity contribution is 0.184. The molecule has 5 nitrogen and oxygen atoms in total. The first kappa shape index (κ1) is 18.0. The number of hydrogen-bond donors (Lipinski definition) is 0. The Hall–Kier alpha value is -1.39. The van der Waals surface area contributed by atoms with Crippen LogP contribution in [0.15, 0.2) is 49.1 Å². The zero-order chi connectivity index (χ0) is 16.8. The van der Waals surface area contributed by atoms with Gasteiger partial charge in [0.2, 0.25) is 0 Å². The molecule has 0 saturated heterocycles. The van der Waals surface area contributed by atoms with Gasteiger partial charge in [-0.15, -0.1) is 0 Å². The number of pyridine rings is 2. The van der Waals surface area contributed by atoms with Crippen molar-refractivity contribution in [3.63, 3.8) is 0 Å². The molecule has 0 aliphatic carbocycles. The lowest BCUT2D eigenvalue weighted by atomic mass is 10.3. The Morgan fingerprint density at radius 1 is 0.783 bits per heavy atom. The molecule has 0 spiro atoms. The summed E-state index contributed by atoms with van der Waals surface area (Å²) in [5.74, 6) is 0. The van der Waals surface area contributed by atoms with Crippen LogP contribution in [0.5, 0.6) is 0 Å². The van der Waals surface area contributed by atoms with Crippen molar-refractivity contribution < 1.29 is 13.0 Å². The maximum Gasteiger partial charge on any atom is 0.323 e. The molecule has 23 heavy (non-hydrogen) atoms. The summed E-state index contributed by atoms with van der Waals surface area (Å²) in [4.78, 5) is 8.19. The molecule has 0 fully saturated rings. The van der Waals surface area contributed by atoms with E-state index in [1.165, 1.54) is 0 Å². The number of aromatic nitrogens is 2. The van der Waals surface area contributed by atoms with Gasteiger partial charge in [-0.1, -0.05) is 12.1 Å². The van der Waals surface area contributed by atoms with Gasteiger partial charge >= 0.3 is 17.1 Å². The van der Waals surface area contributed by atoms with Crippen LogP contribution in [0.25, 0.3) is 0 Å². The van der Waals surface area contributed by atoms with Gasteiger partial charge in [-0.2, -0.15) is 0 Å². The Balaban J connectivity index is 1.84. The predicted molar refractivity (Wildman–Crippen MR) is 94.1 cm³/mol. The van der Waals surface area contributed by atoms with E-state index in [0.717, 1.165) is 11.1 Å². The molecule has 0 bridgehead atoms. The molecule has 0 aromatic carbocycles. The maximum absolute atomic E-state index is 6.26. The van der Waals surface area contributed by atoms with E-state index in [0.29, 0.717) is 13.2 Å². The highest BCUT2D eigenvalue weighted by Gasteiger charge is 2.36. The minimum Gasteiger partial charge on any atom is -0.415 e. The molecule has 0 aliphatic heterocycles. The third-order valence-corrected chi connectivity index (χ3v) is 8.72. The molecule has 124 valence electrons. The lowest BCUT2D eigenvalue weighted by Gasteiger charge is -2.32. The number of rotatable bonds is 8. The second-order valence-corrected chi connectivity index (χ2v) is 13.2. The molecule has 0 atom stereocenters. The van der Waals surface area contributed by atoms with Gasteiger partial charge in [0.25, 0.3) is 0 Å². The first-order valence-corrected chi connectivity index (χ1v) is 13.3. The number of hydrogen-bond acceptors (Lipinski definition) is 5. The quantitative estimate of drug-likeness (QED) is 0.682. The van der Waals surface area contributed by atoms with Crippen LogP contribution in [0.1, 0.15) is 11.1 Å². The van der Waals surface area contributed by atoms with Gasteiger partial charge in [-0.05, 0) is 49.4 Å². The van der Waals surface area contributed by atoms with E-state index in [4.69, 9.17) is 13.0 Å². The molecule has 2 heterocycles. The van der Waals surface area contributed by atoms with E-state index < -0.39 is 17.1 Å². The summed E-state index contributed by atoms with van der Waals surface area (Å²) in [5.41, 5.74) is 2.10. The van der Waals surface area contributed by atoms with Gasteiger partial charge in [0.1, 0.15) is 0 Å². The average Bonchev–Trinajstić information content (AvgIpc) is 2.52. The van der Waals surface area contributed by atoms with Crippen molar-refractivity contribution in [2.75, 3.05) is 0 Å². The van der Waals surface area contributed by atoms with Crippen LogP contribution in [-0.2, 0) is 26.2 Å². The minimum absolute atomic E-state index is 0.514. The van der Waals surface area contributed by atoms with Crippen LogP contribution in [-0.4, -0.2) is 27.1 Å². The molecule has 7 heteroatoms. The van der Waals surface area contributed by atoms with Crippen LogP contribution >= 0.6 is 0 Å². The van der Waals surface area contributed by atoms with E-state index in [2.05, 4.69) is 9.97 Å². The third-order valence-electron chi connectivity index (χ3n) is 3.11. The fourth-order valence-electron chi connectivity index (χ4n) is 2.13. The Bertz CT molecular complexity index is 541. The zero-order valence-electron chi connectivity index (χ0n) is 14.2. The lowest BCUT2D eigenvalue weighted by Crippen LogP contribution is -2.48. The molecule has 0 aliphatic rings. The van der Waals surface area contributed by atoms with Gasteiger partial charge in [-0.3, -0.25) is 9.97 Å². The Kier molecular flexibility index (Phi) is 6.20. The molecule has 0 unspecified atom stereocenters. The second-order valence-electron chi connectivity index (χ2n) is 6.20. The Morgan fingerprint density at radius 3 is 1.57 bits per heavy atom. The molecule has 0 radical (unpaired) electrons. The Labute approximate surface area is 140 Å². The normalized spacial score (nSPS) is 12.3. The highest BCUT2D eigenvalue weighted by Crippen LogP contribution is 2.19. The molecular formula is C16H24N2O3Si2. The van der Waals surface area contributed by atoms with Crippen molar-refractivity contribution in [3.8, 4) is 0 Å². The van der Waals surface area contributed by atoms with Crippen LogP contribution in [0.2, 0.25) is 26.2 Å². The summed E-state index contributed by atoms with van der Waals surface area (Å²) in [6, 6.07) is 7.81. The Morgan fingerprint density at radius 2 is 1.22 bits per heavy atom. The summed E-state index contributed by atoms with van der Waals surface area (Å²) < 4.78 is 18.3. The fourth-order valence-corrected chi connectivity index (χ4v) is 8.37. The highest BCUT2D eigenvalue weighted by atomic mass is 28.5. The summed E-state index contributed by atoms with van der Waals surface area (Å²) in [6.07, 6.45) is 7.13. The summed E-state index contributed by atoms with van der Waals surface area (Å²) in [6.45, 7) is 9.22. The standard InChI is InChI=1S/C16H24N2O3Si2/c1-22(2,19-13-15-7-5-9-17-11-15)21-23(3,4)20-14-16-8-6-10-18-12-16/h5-12H,13-14H2,1-4H3. The molecule has 0 saturated carbocycles. The minimum atomic E-state index is -2.27. The van der Waals surface area contributed by atoms with Gasteiger partial charge in [0, 0.05) is 24.8 Å². The van der Waals surface area contributed by atoms with Crippen molar-refractivity contribution in [3.05, 3.63) is 60.2 Å². The third kappa shape index (κ3) is 6.71. The van der Waals surface area contributed by atoms with Crippen molar-refractivity contribution in [2.24, 2.45) is 0 Å². The van der Waals surface area contributed by atoms with E-state index in [9.17, 15) is 0 Å². The summed E-state index contributed by atoms with van der Waals surface area (Å²) in [5, 5.41) is 0. The van der Waals surface area contributed by atoms with E-state index in [-0.39, 0.29) is 0 Å². The van der Waals surface area contributed by atoms with E-state index >= 15 is 0 Å². The van der Waals surface area contributed by atoms with Crippen molar-refractivity contribution in [1.82, 2.24) is 9.97 Å². The SMILES string of the molecule is C[Si](C)(OCc1cccnc1)O[Si](C)(C)OCc1cccnc1. The summed E-state index contributed by atoms with van der Waals surface area (Å²) >= 11 is 0. The number of nitrogens with zero attached hydrogens (tertiary/aromatic N) is 2. The molecule has 2 rings (SSSR count). The van der Waals surface area contributed by atoms with Crippen molar-refractivity contribution in [1.29, 1.82) is 0 Å². The molecule has 2 aromatic rings. The smallest absolute Gasteiger partial charge is 0.323 e. The first-order valence-electron chi connectivity index (χ1n) is 7.62. The van der Waals surface area contributed by atoms with Crippen molar-refractivity contribution in [2.45, 2.75) is 39.4 Å². The molecular weight excluding hydrogens is 324 g/mol. The van der Waals surface area contributed by atoms with E-state index in [1.807, 2.05) is 62.8 Å². The van der Waals surface area contributed by atoms with Gasteiger partial charge in [0.05, 0.1) is 13.2 Å². The topological polar surface area (TPSA) is 53.5 Å². The van der Waals surface area contributed by atoms with Gasteiger partial charge < -0.3 is 13.0 Å². The fraction of sp³-hybridized carbons (Fsp3) is 0.375. The van der Waals surface area contributed by atoms with Crippen LogP contribution in [0, 0.1) is 0 Å². The van der Waals surface area contributed by atoms with Gasteiger partial charge in [-0.25, -0.2) is 0 Å². The highest BCUT2D eigenvalue weighted by molar-refractivity contribution is 6.78. The average molecular weight is 349 g/mol.